The molecule has 0 spiro atoms. The van der Waals surface area contributed by atoms with Crippen molar-refractivity contribution in [3.05, 3.63) is 48.6 Å². The van der Waals surface area contributed by atoms with E-state index >= 15 is 0 Å². The fraction of sp³-hybridized carbons (Fsp3) is 0.873. The molecule has 0 radical (unpaired) electrons. The van der Waals surface area contributed by atoms with Crippen molar-refractivity contribution in [1.29, 1.82) is 0 Å². The van der Waals surface area contributed by atoms with E-state index in [2.05, 4.69) is 55.6 Å². The fourth-order valence-electron chi connectivity index (χ4n) is 12.3. The third kappa shape index (κ3) is 56.0. The summed E-state index contributed by atoms with van der Waals surface area (Å²) in [5, 5.41) is 54.5. The Morgan fingerprint density at radius 1 is 0.411 bits per heavy atom. The molecule has 7 atom stereocenters. The molecule has 90 heavy (non-hydrogen) atoms. The molecule has 1 saturated heterocycles. The average molecular weight is 1270 g/mol. The molecule has 0 aliphatic carbocycles. The van der Waals surface area contributed by atoms with E-state index in [-0.39, 0.29) is 18.5 Å². The Morgan fingerprint density at radius 2 is 0.756 bits per heavy atom. The molecule has 1 heterocycles. The maximum absolute atomic E-state index is 13.1. The van der Waals surface area contributed by atoms with Crippen molar-refractivity contribution in [2.24, 2.45) is 0 Å². The molecule has 11 nitrogen and oxygen atoms in total. The molecule has 11 heteroatoms. The number of nitrogens with one attached hydrogen (secondary N) is 1. The second kappa shape index (κ2) is 68.0. The zero-order chi connectivity index (χ0) is 65.1. The minimum absolute atomic E-state index is 0.00360. The third-order valence-corrected chi connectivity index (χ3v) is 18.4. The van der Waals surface area contributed by atoms with Crippen molar-refractivity contribution in [2.75, 3.05) is 19.8 Å². The zero-order valence-corrected chi connectivity index (χ0v) is 58.9. The molecule has 0 aromatic carbocycles. The van der Waals surface area contributed by atoms with Crippen molar-refractivity contribution >= 4 is 11.9 Å². The maximum atomic E-state index is 13.1. The Kier molecular flexibility index (Phi) is 64.7. The maximum Gasteiger partial charge on any atom is 0.305 e. The van der Waals surface area contributed by atoms with Crippen molar-refractivity contribution in [3.63, 3.8) is 0 Å². The number of hydrogen-bond donors (Lipinski definition) is 6. The zero-order valence-electron chi connectivity index (χ0n) is 58.9. The Bertz CT molecular complexity index is 1630. The highest BCUT2D eigenvalue weighted by molar-refractivity contribution is 5.76. The van der Waals surface area contributed by atoms with Crippen LogP contribution in [-0.4, -0.2) is 100 Å². The lowest BCUT2D eigenvalue weighted by atomic mass is 9.99. The van der Waals surface area contributed by atoms with Gasteiger partial charge in [0, 0.05) is 12.8 Å². The van der Waals surface area contributed by atoms with Gasteiger partial charge in [-0.15, -0.1) is 0 Å². The molecule has 6 N–H and O–H groups in total. The summed E-state index contributed by atoms with van der Waals surface area (Å²) in [6, 6.07) is -0.808. The summed E-state index contributed by atoms with van der Waals surface area (Å²) < 4.78 is 16.7. The van der Waals surface area contributed by atoms with Crippen molar-refractivity contribution < 1.29 is 49.3 Å². The normalized spacial score (nSPS) is 17.9. The van der Waals surface area contributed by atoms with Gasteiger partial charge in [-0.05, 0) is 83.5 Å². The number of hydrogen-bond acceptors (Lipinski definition) is 10. The number of allylic oxidation sites excluding steroid dienone is 7. The number of carbonyl (C=O) groups is 2. The highest BCUT2D eigenvalue weighted by atomic mass is 16.7. The monoisotopic (exact) mass is 1270 g/mol. The van der Waals surface area contributed by atoms with Gasteiger partial charge < -0.3 is 45.1 Å². The Morgan fingerprint density at radius 3 is 1.17 bits per heavy atom. The van der Waals surface area contributed by atoms with Crippen molar-refractivity contribution in [3.8, 4) is 0 Å². The molecule has 0 bridgehead atoms. The molecule has 1 amide bonds. The summed E-state index contributed by atoms with van der Waals surface area (Å²) >= 11 is 0. The first kappa shape index (κ1) is 85.6. The molecule has 1 aliphatic heterocycles. The van der Waals surface area contributed by atoms with E-state index in [0.29, 0.717) is 19.4 Å². The van der Waals surface area contributed by atoms with Gasteiger partial charge in [0.1, 0.15) is 24.4 Å². The predicted octanol–water partition coefficient (Wildman–Crippen LogP) is 20.7. The Balaban J connectivity index is 1.91. The molecular weight excluding hydrogens is 1120 g/mol. The fourth-order valence-corrected chi connectivity index (χ4v) is 12.3. The predicted molar refractivity (Wildman–Crippen MR) is 380 cm³/mol. The van der Waals surface area contributed by atoms with Gasteiger partial charge in [-0.3, -0.25) is 9.59 Å². The molecule has 1 rings (SSSR count). The SMILES string of the molecule is CCCC/C=C\CCCCCCCC(=O)OCCCCCCCCCCCCCCCCC/C=C\C/C=C\CCCCCCCCCCCCCCCCCCCC(=O)NC(COC1OC(CO)C(O)C(O)C1O)C(O)/C=C/CCCCCCCCCCCC. The topological polar surface area (TPSA) is 175 Å². The van der Waals surface area contributed by atoms with Crippen LogP contribution in [0.5, 0.6) is 0 Å². The summed E-state index contributed by atoms with van der Waals surface area (Å²) in [6.07, 6.45) is 80.0. The second-order valence-electron chi connectivity index (χ2n) is 27.1. The van der Waals surface area contributed by atoms with E-state index in [4.69, 9.17) is 14.2 Å². The molecule has 7 unspecified atom stereocenters. The van der Waals surface area contributed by atoms with Crippen LogP contribution >= 0.6 is 0 Å². The molecule has 0 aromatic rings. The van der Waals surface area contributed by atoms with E-state index in [1.165, 1.54) is 289 Å². The van der Waals surface area contributed by atoms with Crippen LogP contribution in [0.2, 0.25) is 0 Å². The smallest absolute Gasteiger partial charge is 0.305 e. The molecule has 0 saturated carbocycles. The van der Waals surface area contributed by atoms with Crippen LogP contribution in [-0.2, 0) is 23.8 Å². The lowest BCUT2D eigenvalue weighted by Crippen LogP contribution is -2.60. The third-order valence-electron chi connectivity index (χ3n) is 18.4. The number of esters is 1. The first-order valence-electron chi connectivity index (χ1n) is 38.9. The van der Waals surface area contributed by atoms with E-state index in [0.717, 1.165) is 64.2 Å². The van der Waals surface area contributed by atoms with E-state index in [9.17, 15) is 35.1 Å². The van der Waals surface area contributed by atoms with E-state index < -0.39 is 49.5 Å². The van der Waals surface area contributed by atoms with Gasteiger partial charge in [0.2, 0.25) is 5.91 Å². The van der Waals surface area contributed by atoms with Crippen molar-refractivity contribution in [1.82, 2.24) is 5.32 Å². The number of rotatable bonds is 69. The van der Waals surface area contributed by atoms with Gasteiger partial charge in [0.05, 0.1) is 32.0 Å². The summed E-state index contributed by atoms with van der Waals surface area (Å²) in [5.41, 5.74) is 0. The number of carbonyl (C=O) groups excluding carboxylic acids is 2. The molecule has 528 valence electrons. The molecule has 0 aromatic heterocycles. The molecular formula is C79H147NO10. The number of unbranched alkanes of at least 4 members (excludes halogenated alkanes) is 49. The molecule has 1 fully saturated rings. The van der Waals surface area contributed by atoms with Gasteiger partial charge in [0.15, 0.2) is 6.29 Å². The minimum atomic E-state index is -1.57. The summed E-state index contributed by atoms with van der Waals surface area (Å²) in [7, 11) is 0. The van der Waals surface area contributed by atoms with Crippen LogP contribution in [0.15, 0.2) is 48.6 Å². The first-order valence-corrected chi connectivity index (χ1v) is 38.9. The Hall–Kier alpha value is -2.38. The number of amides is 1. The second-order valence-corrected chi connectivity index (χ2v) is 27.1. The van der Waals surface area contributed by atoms with Gasteiger partial charge >= 0.3 is 5.97 Å². The van der Waals surface area contributed by atoms with E-state index in [1.807, 2.05) is 6.08 Å². The van der Waals surface area contributed by atoms with Crippen LogP contribution in [0.1, 0.15) is 380 Å². The van der Waals surface area contributed by atoms with Crippen LogP contribution in [0.4, 0.5) is 0 Å². The summed E-state index contributed by atoms with van der Waals surface area (Å²) in [6.45, 7) is 4.34. The van der Waals surface area contributed by atoms with Gasteiger partial charge in [0.25, 0.3) is 0 Å². The van der Waals surface area contributed by atoms with Crippen LogP contribution in [0, 0.1) is 0 Å². The first-order chi connectivity index (χ1) is 44.2. The average Bonchev–Trinajstić information content (AvgIpc) is 1.36. The lowest BCUT2D eigenvalue weighted by Gasteiger charge is -2.40. The van der Waals surface area contributed by atoms with Crippen LogP contribution in [0.3, 0.4) is 0 Å². The standard InChI is InChI=1S/C79H147NO10/c1-3-5-7-9-11-13-15-46-49-53-57-61-65-72(82)71(70-89-79-78(87)77(86)76(85)73(69-81)90-79)80-74(83)66-62-58-54-50-47-43-41-39-37-35-33-31-29-27-25-23-21-19-17-16-18-20-22-24-26-28-30-32-34-36-38-40-42-44-48-52-56-60-64-68-88-75(84)67-63-59-55-51-45-14-12-10-8-6-4-2/h10,12,16-17,20,22,61,65,71-73,76-79,81-82,85-87H,3-9,11,13-15,18-19,21,23-60,62-64,66-70H2,1-2H3,(H,80,83)/b12-10-,17-16-,22-20-,65-61+. The van der Waals surface area contributed by atoms with Crippen LogP contribution in [0.25, 0.3) is 0 Å². The van der Waals surface area contributed by atoms with E-state index in [1.54, 1.807) is 6.08 Å². The lowest BCUT2D eigenvalue weighted by molar-refractivity contribution is -0.302. The largest absolute Gasteiger partial charge is 0.466 e. The minimum Gasteiger partial charge on any atom is -0.466 e. The van der Waals surface area contributed by atoms with Gasteiger partial charge in [-0.2, -0.15) is 0 Å². The molecule has 1 aliphatic rings. The highest BCUT2D eigenvalue weighted by Gasteiger charge is 2.44. The highest BCUT2D eigenvalue weighted by Crippen LogP contribution is 2.24. The Labute approximate surface area is 555 Å². The summed E-state index contributed by atoms with van der Waals surface area (Å²) in [5.74, 6) is -0.174. The number of aliphatic hydroxyl groups excluding tert-OH is 5. The van der Waals surface area contributed by atoms with Gasteiger partial charge in [-0.1, -0.05) is 332 Å². The number of ether oxygens (including phenoxy) is 3. The van der Waals surface area contributed by atoms with Gasteiger partial charge in [-0.25, -0.2) is 0 Å². The summed E-state index contributed by atoms with van der Waals surface area (Å²) in [4.78, 5) is 25.1. The van der Waals surface area contributed by atoms with Crippen molar-refractivity contribution in [2.45, 2.75) is 423 Å². The quantitative estimate of drug-likeness (QED) is 0.0195. The number of aliphatic hydroxyl groups is 5. The van der Waals surface area contributed by atoms with Crippen LogP contribution < -0.4 is 5.32 Å².